The van der Waals surface area contributed by atoms with Crippen LogP contribution in [-0.2, 0) is 4.79 Å². The van der Waals surface area contributed by atoms with E-state index in [9.17, 15) is 4.79 Å². The molecule has 94 valence electrons. The zero-order valence-electron chi connectivity index (χ0n) is 9.77. The van der Waals surface area contributed by atoms with E-state index in [1.54, 1.807) is 6.07 Å². The molecule has 0 aromatic heterocycles. The van der Waals surface area contributed by atoms with Gasteiger partial charge in [0.2, 0.25) is 0 Å². The summed E-state index contributed by atoms with van der Waals surface area (Å²) in [5.74, 6) is -1.01. The van der Waals surface area contributed by atoms with E-state index in [4.69, 9.17) is 22.0 Å². The van der Waals surface area contributed by atoms with Gasteiger partial charge in [0.25, 0.3) is 0 Å². The Morgan fingerprint density at radius 2 is 2.11 bits per heavy atom. The molecule has 1 aliphatic rings. The van der Waals surface area contributed by atoms with Gasteiger partial charge >= 0.3 is 5.97 Å². The van der Waals surface area contributed by atoms with Crippen LogP contribution < -0.4 is 4.90 Å². The fourth-order valence-electron chi connectivity index (χ4n) is 2.25. The first-order valence-corrected chi connectivity index (χ1v) is 6.17. The van der Waals surface area contributed by atoms with Gasteiger partial charge in [0, 0.05) is 13.1 Å². The van der Waals surface area contributed by atoms with Gasteiger partial charge in [-0.1, -0.05) is 17.7 Å². The molecule has 1 aromatic carbocycles. The molecule has 5 heteroatoms. The van der Waals surface area contributed by atoms with Crippen LogP contribution in [0.5, 0.6) is 0 Å². The molecule has 18 heavy (non-hydrogen) atoms. The van der Waals surface area contributed by atoms with Crippen LogP contribution in [0, 0.1) is 17.2 Å². The lowest BCUT2D eigenvalue weighted by Crippen LogP contribution is -2.36. The molecule has 0 saturated carbocycles. The molecule has 4 nitrogen and oxygen atoms in total. The minimum Gasteiger partial charge on any atom is -0.481 e. The van der Waals surface area contributed by atoms with Crippen molar-refractivity contribution >= 4 is 23.3 Å². The van der Waals surface area contributed by atoms with Crippen molar-refractivity contribution < 1.29 is 9.90 Å². The molecule has 1 aromatic rings. The van der Waals surface area contributed by atoms with E-state index >= 15 is 0 Å². The van der Waals surface area contributed by atoms with E-state index in [2.05, 4.69) is 6.07 Å². The number of benzene rings is 1. The molecule has 1 fully saturated rings. The second-order valence-electron chi connectivity index (χ2n) is 4.35. The summed E-state index contributed by atoms with van der Waals surface area (Å²) in [6.07, 6.45) is 1.21. The van der Waals surface area contributed by atoms with Gasteiger partial charge in [-0.2, -0.15) is 5.26 Å². The van der Waals surface area contributed by atoms with E-state index in [-0.39, 0.29) is 5.92 Å². The molecule has 0 atom stereocenters. The number of piperidine rings is 1. The molecular formula is C13H13ClN2O2. The summed E-state index contributed by atoms with van der Waals surface area (Å²) in [6.45, 7) is 1.29. The third kappa shape index (κ3) is 2.41. The Kier molecular flexibility index (Phi) is 3.73. The maximum absolute atomic E-state index is 10.9. The highest BCUT2D eigenvalue weighted by Gasteiger charge is 2.25. The van der Waals surface area contributed by atoms with Crippen LogP contribution in [0.2, 0.25) is 5.02 Å². The first kappa shape index (κ1) is 12.7. The SMILES string of the molecule is N#Cc1c(Cl)cccc1N1CCC(C(=O)O)CC1. The predicted octanol–water partition coefficient (Wildman–Crippen LogP) is 2.51. The monoisotopic (exact) mass is 264 g/mol. The number of anilines is 1. The van der Waals surface area contributed by atoms with Gasteiger partial charge < -0.3 is 10.0 Å². The lowest BCUT2D eigenvalue weighted by molar-refractivity contribution is -0.142. The van der Waals surface area contributed by atoms with Crippen molar-refractivity contribution in [2.75, 3.05) is 18.0 Å². The van der Waals surface area contributed by atoms with Crippen LogP contribution in [0.15, 0.2) is 18.2 Å². The molecule has 1 aliphatic heterocycles. The molecule has 0 amide bonds. The Morgan fingerprint density at radius 1 is 1.44 bits per heavy atom. The van der Waals surface area contributed by atoms with Crippen molar-refractivity contribution in [3.63, 3.8) is 0 Å². The zero-order chi connectivity index (χ0) is 13.1. The first-order valence-electron chi connectivity index (χ1n) is 5.80. The number of nitrogens with zero attached hydrogens (tertiary/aromatic N) is 2. The van der Waals surface area contributed by atoms with E-state index < -0.39 is 5.97 Å². The number of halogens is 1. The van der Waals surface area contributed by atoms with E-state index in [1.165, 1.54) is 0 Å². The predicted molar refractivity (Wildman–Crippen MR) is 68.7 cm³/mol. The minimum atomic E-state index is -0.735. The molecule has 2 rings (SSSR count). The standard InChI is InChI=1S/C13H13ClN2O2/c14-11-2-1-3-12(10(11)8-15)16-6-4-9(5-7-16)13(17)18/h1-3,9H,4-7H2,(H,17,18). The second kappa shape index (κ2) is 5.28. The largest absolute Gasteiger partial charge is 0.481 e. The average Bonchev–Trinajstić information content (AvgIpc) is 2.38. The van der Waals surface area contributed by atoms with E-state index in [0.29, 0.717) is 36.5 Å². The average molecular weight is 265 g/mol. The highest BCUT2D eigenvalue weighted by Crippen LogP contribution is 2.30. The van der Waals surface area contributed by atoms with Gasteiger partial charge in [-0.05, 0) is 25.0 Å². The Balaban J connectivity index is 2.18. The number of carboxylic acid groups (broad SMARTS) is 1. The number of nitriles is 1. The summed E-state index contributed by atoms with van der Waals surface area (Å²) in [5.41, 5.74) is 1.27. The number of hydrogen-bond acceptors (Lipinski definition) is 3. The van der Waals surface area contributed by atoms with Gasteiger partial charge in [0.15, 0.2) is 0 Å². The van der Waals surface area contributed by atoms with Gasteiger partial charge in [0.1, 0.15) is 6.07 Å². The normalized spacial score (nSPS) is 16.3. The second-order valence-corrected chi connectivity index (χ2v) is 4.75. The van der Waals surface area contributed by atoms with Crippen LogP contribution in [0.1, 0.15) is 18.4 Å². The summed E-state index contributed by atoms with van der Waals surface area (Å²) >= 11 is 5.98. The van der Waals surface area contributed by atoms with Crippen LogP contribution in [-0.4, -0.2) is 24.2 Å². The summed E-state index contributed by atoms with van der Waals surface area (Å²) in [4.78, 5) is 12.9. The van der Waals surface area contributed by atoms with Crippen molar-refractivity contribution in [2.45, 2.75) is 12.8 Å². The van der Waals surface area contributed by atoms with E-state index in [0.717, 1.165) is 5.69 Å². The molecule has 0 radical (unpaired) electrons. The fraction of sp³-hybridized carbons (Fsp3) is 0.385. The summed E-state index contributed by atoms with van der Waals surface area (Å²) in [5, 5.41) is 18.5. The third-order valence-electron chi connectivity index (χ3n) is 3.29. The van der Waals surface area contributed by atoms with Crippen LogP contribution in [0.3, 0.4) is 0 Å². The zero-order valence-corrected chi connectivity index (χ0v) is 10.5. The van der Waals surface area contributed by atoms with Crippen molar-refractivity contribution in [1.82, 2.24) is 0 Å². The Morgan fingerprint density at radius 3 is 2.67 bits per heavy atom. The maximum atomic E-state index is 10.9. The summed E-state index contributed by atoms with van der Waals surface area (Å²) in [7, 11) is 0. The molecule has 1 N–H and O–H groups in total. The van der Waals surface area contributed by atoms with E-state index in [1.807, 2.05) is 17.0 Å². The van der Waals surface area contributed by atoms with Crippen molar-refractivity contribution in [1.29, 1.82) is 5.26 Å². The summed E-state index contributed by atoms with van der Waals surface area (Å²) in [6, 6.07) is 7.45. The van der Waals surface area contributed by atoms with Gasteiger partial charge in [0.05, 0.1) is 22.2 Å². The minimum absolute atomic E-state index is 0.272. The van der Waals surface area contributed by atoms with Crippen molar-refractivity contribution in [2.24, 2.45) is 5.92 Å². The van der Waals surface area contributed by atoms with Crippen molar-refractivity contribution in [3.05, 3.63) is 28.8 Å². The highest BCUT2D eigenvalue weighted by atomic mass is 35.5. The number of carboxylic acids is 1. The van der Waals surface area contributed by atoms with Gasteiger partial charge in [-0.15, -0.1) is 0 Å². The number of hydrogen-bond donors (Lipinski definition) is 1. The Hall–Kier alpha value is -1.73. The maximum Gasteiger partial charge on any atom is 0.306 e. The Bertz CT molecular complexity index is 502. The molecule has 0 aliphatic carbocycles. The lowest BCUT2D eigenvalue weighted by atomic mass is 9.96. The van der Waals surface area contributed by atoms with Gasteiger partial charge in [-0.25, -0.2) is 0 Å². The molecule has 0 spiro atoms. The smallest absolute Gasteiger partial charge is 0.306 e. The molecule has 0 unspecified atom stereocenters. The molecule has 1 saturated heterocycles. The Labute approximate surface area is 110 Å². The number of rotatable bonds is 2. The number of aliphatic carboxylic acids is 1. The topological polar surface area (TPSA) is 64.3 Å². The fourth-order valence-corrected chi connectivity index (χ4v) is 2.47. The van der Waals surface area contributed by atoms with Crippen LogP contribution >= 0.6 is 11.6 Å². The van der Waals surface area contributed by atoms with Crippen LogP contribution in [0.25, 0.3) is 0 Å². The van der Waals surface area contributed by atoms with Crippen molar-refractivity contribution in [3.8, 4) is 6.07 Å². The quantitative estimate of drug-likeness (QED) is 0.891. The van der Waals surface area contributed by atoms with Gasteiger partial charge in [-0.3, -0.25) is 4.79 Å². The lowest BCUT2D eigenvalue weighted by Gasteiger charge is -2.32. The third-order valence-corrected chi connectivity index (χ3v) is 3.60. The molecule has 0 bridgehead atoms. The summed E-state index contributed by atoms with van der Waals surface area (Å²) < 4.78 is 0. The highest BCUT2D eigenvalue weighted by molar-refractivity contribution is 6.32. The first-order chi connectivity index (χ1) is 8.63. The molecule has 1 heterocycles. The van der Waals surface area contributed by atoms with Crippen LogP contribution in [0.4, 0.5) is 5.69 Å². The number of carbonyl (C=O) groups is 1. The molecular weight excluding hydrogens is 252 g/mol.